The minimum atomic E-state index is -0.621. The number of aromatic nitrogens is 2. The van der Waals surface area contributed by atoms with Gasteiger partial charge in [-0.3, -0.25) is 10.6 Å². The van der Waals surface area contributed by atoms with Crippen molar-refractivity contribution in [3.05, 3.63) is 71.6 Å². The number of primary amides is 1. The molecular weight excluding hydrogens is 364 g/mol. The van der Waals surface area contributed by atoms with Crippen LogP contribution in [-0.4, -0.2) is 41.0 Å². The number of urea groups is 1. The molecule has 0 bridgehead atoms. The Kier molecular flexibility index (Phi) is 6.19. The number of anilines is 1. The third-order valence-electron chi connectivity index (χ3n) is 4.85. The first-order valence-corrected chi connectivity index (χ1v) is 9.67. The van der Waals surface area contributed by atoms with Crippen LogP contribution in [0.25, 0.3) is 11.3 Å². The number of rotatable bonds is 6. The monoisotopic (exact) mass is 392 g/mol. The number of carbonyl (C=O) groups excluding carboxylic acids is 1. The predicted molar refractivity (Wildman–Crippen MR) is 118 cm³/mol. The van der Waals surface area contributed by atoms with Crippen LogP contribution in [0, 0.1) is 6.92 Å². The first-order chi connectivity index (χ1) is 14.0. The highest BCUT2D eigenvalue weighted by atomic mass is 16.2. The zero-order valence-electron chi connectivity index (χ0n) is 17.3. The van der Waals surface area contributed by atoms with Crippen LogP contribution in [0.5, 0.6) is 0 Å². The molecule has 7 heteroatoms. The molecule has 0 aliphatic carbocycles. The van der Waals surface area contributed by atoms with Gasteiger partial charge in [-0.2, -0.15) is 5.10 Å². The summed E-state index contributed by atoms with van der Waals surface area (Å²) in [6.45, 7) is 4.05. The van der Waals surface area contributed by atoms with Crippen LogP contribution in [0.15, 0.2) is 60.3 Å². The van der Waals surface area contributed by atoms with Gasteiger partial charge in [-0.05, 0) is 44.2 Å². The summed E-state index contributed by atoms with van der Waals surface area (Å²) in [4.78, 5) is 13.7. The average Bonchev–Trinajstić information content (AvgIpc) is 3.02. The van der Waals surface area contributed by atoms with Crippen molar-refractivity contribution in [3.63, 3.8) is 0 Å². The number of nitrogens with one attached hydrogen (secondary N) is 2. The molecule has 1 aliphatic heterocycles. The summed E-state index contributed by atoms with van der Waals surface area (Å²) in [5.74, 6) is 0.567. The van der Waals surface area contributed by atoms with Crippen molar-refractivity contribution in [2.24, 2.45) is 5.73 Å². The summed E-state index contributed by atoms with van der Waals surface area (Å²) < 4.78 is 1.72. The second-order valence-corrected chi connectivity index (χ2v) is 6.95. The highest BCUT2D eigenvalue weighted by molar-refractivity contribution is 5.90. The molecule has 3 rings (SSSR count). The minimum absolute atomic E-state index is 0.0845. The molecule has 1 aromatic heterocycles. The fourth-order valence-electron chi connectivity index (χ4n) is 3.51. The maximum Gasteiger partial charge on any atom is 0.317 e. The topological polar surface area (TPSA) is 88.2 Å². The Morgan fingerprint density at radius 3 is 2.66 bits per heavy atom. The first kappa shape index (κ1) is 20.4. The average molecular weight is 393 g/mol. The molecule has 1 unspecified atom stereocenters. The van der Waals surface area contributed by atoms with Gasteiger partial charge in [-0.15, -0.1) is 0 Å². The maximum atomic E-state index is 11.6. The van der Waals surface area contributed by atoms with E-state index in [0.29, 0.717) is 5.82 Å². The molecule has 29 heavy (non-hydrogen) atoms. The van der Waals surface area contributed by atoms with Gasteiger partial charge >= 0.3 is 6.03 Å². The SMILES string of the molecule is CC/C=C/C1=CC(c2nn(-c3ccccc3)c(NC(N)=O)c2C)=CN(C)C1NC. The minimum Gasteiger partial charge on any atom is -0.361 e. The first-order valence-electron chi connectivity index (χ1n) is 9.67. The van der Waals surface area contributed by atoms with Gasteiger partial charge in [-0.1, -0.05) is 37.3 Å². The quantitative estimate of drug-likeness (QED) is 0.703. The van der Waals surface area contributed by atoms with Gasteiger partial charge in [0.05, 0.1) is 11.4 Å². The molecule has 1 atom stereocenters. The molecule has 4 N–H and O–H groups in total. The number of likely N-dealkylation sites (N-methyl/N-ethyl adjacent to an activating group) is 2. The van der Waals surface area contributed by atoms with E-state index in [1.54, 1.807) is 4.68 Å². The van der Waals surface area contributed by atoms with E-state index in [1.807, 2.05) is 51.4 Å². The summed E-state index contributed by atoms with van der Waals surface area (Å²) in [7, 11) is 3.97. The normalized spacial score (nSPS) is 16.7. The van der Waals surface area contributed by atoms with E-state index in [1.165, 1.54) is 0 Å². The fraction of sp³-hybridized carbons (Fsp3) is 0.273. The Morgan fingerprint density at radius 1 is 1.31 bits per heavy atom. The van der Waals surface area contributed by atoms with Crippen LogP contribution in [0.2, 0.25) is 0 Å². The van der Waals surface area contributed by atoms with Crippen molar-refractivity contribution < 1.29 is 4.79 Å². The van der Waals surface area contributed by atoms with Crippen molar-refractivity contribution >= 4 is 17.4 Å². The Labute approximate surface area is 171 Å². The van der Waals surface area contributed by atoms with Crippen LogP contribution < -0.4 is 16.4 Å². The van der Waals surface area contributed by atoms with Gasteiger partial charge in [-0.25, -0.2) is 9.48 Å². The number of para-hydroxylation sites is 1. The number of carbonyl (C=O) groups is 1. The molecule has 2 aromatic rings. The lowest BCUT2D eigenvalue weighted by Crippen LogP contribution is -2.41. The van der Waals surface area contributed by atoms with Crippen LogP contribution in [-0.2, 0) is 0 Å². The molecule has 0 fully saturated rings. The van der Waals surface area contributed by atoms with E-state index in [4.69, 9.17) is 10.8 Å². The molecule has 0 radical (unpaired) electrons. The van der Waals surface area contributed by atoms with Gasteiger partial charge in [0.1, 0.15) is 12.0 Å². The van der Waals surface area contributed by atoms with Crippen molar-refractivity contribution in [1.82, 2.24) is 20.0 Å². The van der Waals surface area contributed by atoms with Crippen molar-refractivity contribution in [3.8, 4) is 5.69 Å². The molecule has 7 nitrogen and oxygen atoms in total. The van der Waals surface area contributed by atoms with E-state index in [9.17, 15) is 4.79 Å². The van der Waals surface area contributed by atoms with Gasteiger partial charge in [0.25, 0.3) is 0 Å². The molecule has 1 aromatic carbocycles. The summed E-state index contributed by atoms with van der Waals surface area (Å²) in [5.41, 5.74) is 10.0. The van der Waals surface area contributed by atoms with Crippen LogP contribution in [0.3, 0.4) is 0 Å². The third kappa shape index (κ3) is 4.25. The summed E-state index contributed by atoms with van der Waals surface area (Å²) in [5, 5.41) is 10.9. The number of allylic oxidation sites excluding steroid dienone is 3. The van der Waals surface area contributed by atoms with Gasteiger partial charge < -0.3 is 10.6 Å². The van der Waals surface area contributed by atoms with Crippen molar-refractivity contribution in [2.45, 2.75) is 26.4 Å². The highest BCUT2D eigenvalue weighted by Gasteiger charge is 2.24. The maximum absolute atomic E-state index is 11.6. The van der Waals surface area contributed by atoms with E-state index < -0.39 is 6.03 Å². The number of nitrogens with two attached hydrogens (primary N) is 1. The molecular formula is C22H28N6O. The molecule has 0 saturated carbocycles. The van der Waals surface area contributed by atoms with Crippen LogP contribution >= 0.6 is 0 Å². The van der Waals surface area contributed by atoms with E-state index in [2.05, 4.69) is 46.9 Å². The summed E-state index contributed by atoms with van der Waals surface area (Å²) in [6.07, 6.45) is 9.51. The third-order valence-corrected chi connectivity index (χ3v) is 4.85. The Morgan fingerprint density at radius 2 is 2.03 bits per heavy atom. The predicted octanol–water partition coefficient (Wildman–Crippen LogP) is 3.40. The zero-order valence-corrected chi connectivity index (χ0v) is 17.3. The molecule has 1 aliphatic rings. The Hall–Kier alpha value is -3.32. The van der Waals surface area contributed by atoms with Crippen LogP contribution in [0.1, 0.15) is 24.6 Å². The smallest absolute Gasteiger partial charge is 0.317 e. The summed E-state index contributed by atoms with van der Waals surface area (Å²) in [6, 6.07) is 9.05. The molecule has 152 valence electrons. The van der Waals surface area contributed by atoms with E-state index in [-0.39, 0.29) is 6.17 Å². The second kappa shape index (κ2) is 8.79. The number of amides is 2. The number of hydrogen-bond donors (Lipinski definition) is 3. The lowest BCUT2D eigenvalue weighted by atomic mass is 10.00. The zero-order chi connectivity index (χ0) is 21.0. The molecule has 0 saturated heterocycles. The second-order valence-electron chi connectivity index (χ2n) is 6.95. The lowest BCUT2D eigenvalue weighted by Gasteiger charge is -2.32. The van der Waals surface area contributed by atoms with Gasteiger partial charge in [0.2, 0.25) is 0 Å². The number of hydrogen-bond acceptors (Lipinski definition) is 4. The standard InChI is InChI=1S/C22H28N6O/c1-5-6-10-16-13-17(14-27(4)21(16)24-3)19-15(2)20(25-22(23)29)28(26-19)18-11-8-7-9-12-18/h6-14,21,24H,5H2,1-4H3,(H3,23,25,29)/b10-6+. The highest BCUT2D eigenvalue weighted by Crippen LogP contribution is 2.32. The van der Waals surface area contributed by atoms with Crippen LogP contribution in [0.4, 0.5) is 10.6 Å². The van der Waals surface area contributed by atoms with Gasteiger partial charge in [0.15, 0.2) is 0 Å². The summed E-state index contributed by atoms with van der Waals surface area (Å²) >= 11 is 0. The van der Waals surface area contributed by atoms with Crippen molar-refractivity contribution in [1.29, 1.82) is 0 Å². The van der Waals surface area contributed by atoms with Gasteiger partial charge in [0, 0.05) is 24.4 Å². The number of benzene rings is 1. The molecule has 2 amide bonds. The molecule has 0 spiro atoms. The lowest BCUT2D eigenvalue weighted by molar-refractivity contribution is 0.259. The molecule has 2 heterocycles. The Bertz CT molecular complexity index is 971. The van der Waals surface area contributed by atoms with Crippen molar-refractivity contribution in [2.75, 3.05) is 19.4 Å². The largest absolute Gasteiger partial charge is 0.361 e. The van der Waals surface area contributed by atoms with E-state index >= 15 is 0 Å². The Balaban J connectivity index is 2.13. The fourth-order valence-corrected chi connectivity index (χ4v) is 3.51. The van der Waals surface area contributed by atoms with E-state index in [0.717, 1.165) is 34.5 Å². The number of nitrogens with zero attached hydrogens (tertiary/aromatic N) is 3.